The van der Waals surface area contributed by atoms with Gasteiger partial charge in [0.2, 0.25) is 5.91 Å². The Morgan fingerprint density at radius 2 is 1.69 bits per heavy atom. The average Bonchev–Trinajstić information content (AvgIpc) is 2.90. The molecule has 1 spiro atoms. The molecular formula is C24H38N2O3. The Hall–Kier alpha value is -1.75. The van der Waals surface area contributed by atoms with Gasteiger partial charge in [0.25, 0.3) is 0 Å². The second-order valence-electron chi connectivity index (χ2n) is 9.21. The van der Waals surface area contributed by atoms with Crippen molar-refractivity contribution in [2.45, 2.75) is 82.2 Å². The zero-order chi connectivity index (χ0) is 20.4. The van der Waals surface area contributed by atoms with Crippen molar-refractivity contribution in [3.63, 3.8) is 0 Å². The lowest BCUT2D eigenvalue weighted by Gasteiger charge is -2.43. The lowest BCUT2D eigenvalue weighted by Crippen LogP contribution is -2.46. The average molecular weight is 403 g/mol. The summed E-state index contributed by atoms with van der Waals surface area (Å²) in [4.78, 5) is 14.6. The van der Waals surface area contributed by atoms with Crippen molar-refractivity contribution >= 4 is 5.91 Å². The fraction of sp³-hybridized carbons (Fsp3) is 0.708. The molecule has 1 aliphatic heterocycles. The van der Waals surface area contributed by atoms with Crippen molar-refractivity contribution in [2.24, 2.45) is 0 Å². The molecule has 1 aromatic rings. The molecule has 1 saturated heterocycles. The summed E-state index contributed by atoms with van der Waals surface area (Å²) in [6.07, 6.45) is 11.6. The molecule has 162 valence electrons. The molecule has 2 fully saturated rings. The molecule has 0 radical (unpaired) electrons. The van der Waals surface area contributed by atoms with E-state index in [0.717, 1.165) is 49.9 Å². The summed E-state index contributed by atoms with van der Waals surface area (Å²) in [6, 6.07) is 5.09. The largest absolute Gasteiger partial charge is 0.493 e. The minimum absolute atomic E-state index is 0. The molecule has 0 unspecified atom stereocenters. The first-order valence-electron chi connectivity index (χ1n) is 11.3. The summed E-state index contributed by atoms with van der Waals surface area (Å²) in [6.45, 7) is 3.93. The van der Waals surface area contributed by atoms with Crippen LogP contribution in [0.4, 0.5) is 0 Å². The Morgan fingerprint density at radius 1 is 1.07 bits per heavy atom. The third-order valence-electron chi connectivity index (χ3n) is 7.57. The fourth-order valence-electron chi connectivity index (χ4n) is 6.04. The van der Waals surface area contributed by atoms with E-state index in [9.17, 15) is 4.79 Å². The van der Waals surface area contributed by atoms with E-state index >= 15 is 0 Å². The van der Waals surface area contributed by atoms with Crippen molar-refractivity contribution in [3.8, 4) is 11.5 Å². The summed E-state index contributed by atoms with van der Waals surface area (Å²) < 4.78 is 11.2. The Morgan fingerprint density at radius 3 is 2.28 bits per heavy atom. The quantitative estimate of drug-likeness (QED) is 0.749. The van der Waals surface area contributed by atoms with Crippen LogP contribution in [0, 0.1) is 0 Å². The van der Waals surface area contributed by atoms with Crippen LogP contribution in [-0.2, 0) is 10.2 Å². The Kier molecular flexibility index (Phi) is 6.05. The van der Waals surface area contributed by atoms with Crippen molar-refractivity contribution in [3.05, 3.63) is 23.3 Å². The molecule has 5 nitrogen and oxygen atoms in total. The van der Waals surface area contributed by atoms with Crippen molar-refractivity contribution < 1.29 is 15.7 Å². The van der Waals surface area contributed by atoms with Gasteiger partial charge in [0, 0.05) is 19.8 Å². The number of nitrogens with one attached hydrogen (secondary N) is 1. The molecule has 2 aliphatic carbocycles. The first-order chi connectivity index (χ1) is 14.1. The van der Waals surface area contributed by atoms with Gasteiger partial charge in [-0.15, -0.1) is 0 Å². The Labute approximate surface area is 176 Å². The van der Waals surface area contributed by atoms with E-state index < -0.39 is 0 Å². The zero-order valence-electron chi connectivity index (χ0n) is 18.3. The summed E-state index contributed by atoms with van der Waals surface area (Å²) >= 11 is 0. The van der Waals surface area contributed by atoms with E-state index in [0.29, 0.717) is 0 Å². The van der Waals surface area contributed by atoms with E-state index in [1.165, 1.54) is 49.7 Å². The maximum absolute atomic E-state index is 11.9. The summed E-state index contributed by atoms with van der Waals surface area (Å²) in [5, 5.41) is 3.19. The third kappa shape index (κ3) is 3.98. The van der Waals surface area contributed by atoms with Gasteiger partial charge in [-0.05, 0) is 68.5 Å². The summed E-state index contributed by atoms with van der Waals surface area (Å²) in [5.74, 6) is 1.57. The highest BCUT2D eigenvalue weighted by atomic mass is 16.5. The molecule has 29 heavy (non-hydrogen) atoms. The van der Waals surface area contributed by atoms with Crippen LogP contribution in [0.15, 0.2) is 12.1 Å². The summed E-state index contributed by atoms with van der Waals surface area (Å²) in [5.41, 5.74) is 2.69. The molecule has 1 aromatic carbocycles. The maximum atomic E-state index is 11.9. The van der Waals surface area contributed by atoms with Crippen LogP contribution in [0.1, 0.15) is 83.3 Å². The zero-order valence-corrected chi connectivity index (χ0v) is 18.3. The number of nitrogens with zero attached hydrogens (tertiary/aromatic N) is 1. The molecule has 1 atom stereocenters. The molecule has 5 heteroatoms. The van der Waals surface area contributed by atoms with E-state index in [1.54, 1.807) is 21.1 Å². The van der Waals surface area contributed by atoms with Gasteiger partial charge in [0.15, 0.2) is 11.5 Å². The van der Waals surface area contributed by atoms with Crippen molar-refractivity contribution in [1.82, 2.24) is 10.2 Å². The number of hydrogen-bond acceptors (Lipinski definition) is 4. The van der Waals surface area contributed by atoms with E-state index in [1.807, 2.05) is 0 Å². The second kappa shape index (κ2) is 8.55. The molecule has 0 bridgehead atoms. The fourth-order valence-corrected chi connectivity index (χ4v) is 6.04. The van der Waals surface area contributed by atoms with Gasteiger partial charge in [0.1, 0.15) is 0 Å². The van der Waals surface area contributed by atoms with Gasteiger partial charge in [-0.2, -0.15) is 0 Å². The standard InChI is InChI=1S/C24H36N2O3.H2/c1-17(27)25-21-16-24(20-15-23(29-3)22(28-2)14-19(20)21)10-12-26(13-11-24)18-8-6-4-5-7-9-18;/h14-15,18,21H,4-13,16H2,1-3H3,(H,25,27);1H/t21-;/m0./s1. The van der Waals surface area contributed by atoms with Crippen LogP contribution < -0.4 is 14.8 Å². The molecule has 1 saturated carbocycles. The highest BCUT2D eigenvalue weighted by Crippen LogP contribution is 2.53. The number of carbonyl (C=O) groups is 1. The topological polar surface area (TPSA) is 50.8 Å². The first kappa shape index (κ1) is 20.5. The van der Waals surface area contributed by atoms with E-state index in [4.69, 9.17) is 9.47 Å². The normalized spacial score (nSPS) is 24.7. The number of likely N-dealkylation sites (tertiary alicyclic amines) is 1. The minimum Gasteiger partial charge on any atom is -0.493 e. The van der Waals surface area contributed by atoms with Crippen LogP contribution in [0.2, 0.25) is 0 Å². The number of piperidine rings is 1. The first-order valence-corrected chi connectivity index (χ1v) is 11.3. The Bertz CT molecular complexity index is 738. The third-order valence-corrected chi connectivity index (χ3v) is 7.57. The molecular weight excluding hydrogens is 364 g/mol. The minimum atomic E-state index is 0. The van der Waals surface area contributed by atoms with Gasteiger partial charge in [-0.25, -0.2) is 0 Å². The van der Waals surface area contributed by atoms with Crippen LogP contribution >= 0.6 is 0 Å². The van der Waals surface area contributed by atoms with Gasteiger partial charge in [0.05, 0.1) is 20.3 Å². The van der Waals surface area contributed by atoms with Crippen LogP contribution in [0.5, 0.6) is 11.5 Å². The smallest absolute Gasteiger partial charge is 0.217 e. The second-order valence-corrected chi connectivity index (χ2v) is 9.21. The van der Waals surface area contributed by atoms with E-state index in [2.05, 4.69) is 22.3 Å². The summed E-state index contributed by atoms with van der Waals surface area (Å²) in [7, 11) is 3.37. The lowest BCUT2D eigenvalue weighted by atomic mass is 9.73. The molecule has 4 rings (SSSR count). The number of benzene rings is 1. The maximum Gasteiger partial charge on any atom is 0.217 e. The monoisotopic (exact) mass is 402 g/mol. The highest BCUT2D eigenvalue weighted by Gasteiger charge is 2.47. The van der Waals surface area contributed by atoms with Gasteiger partial charge < -0.3 is 19.7 Å². The Balaban J connectivity index is 0.00000256. The predicted molar refractivity (Wildman–Crippen MR) is 117 cm³/mol. The predicted octanol–water partition coefficient (Wildman–Crippen LogP) is 4.59. The molecule has 1 heterocycles. The van der Waals surface area contributed by atoms with Crippen molar-refractivity contribution in [1.29, 1.82) is 0 Å². The number of hydrogen-bond donors (Lipinski definition) is 1. The number of carbonyl (C=O) groups excluding carboxylic acids is 1. The number of rotatable bonds is 4. The molecule has 1 N–H and O–H groups in total. The van der Waals surface area contributed by atoms with Gasteiger partial charge in [-0.1, -0.05) is 25.7 Å². The van der Waals surface area contributed by atoms with Crippen LogP contribution in [0.25, 0.3) is 0 Å². The molecule has 0 aromatic heterocycles. The number of fused-ring (bicyclic) bond motifs is 2. The van der Waals surface area contributed by atoms with Gasteiger partial charge in [-0.3, -0.25) is 4.79 Å². The van der Waals surface area contributed by atoms with E-state index in [-0.39, 0.29) is 18.8 Å². The molecule has 1 amide bonds. The molecule has 3 aliphatic rings. The highest BCUT2D eigenvalue weighted by molar-refractivity contribution is 5.74. The SMILES string of the molecule is COc1cc2c(cc1OC)C1(CCN(C3CCCCCC3)CC1)C[C@@H]2NC(C)=O.[HH]. The number of methoxy groups -OCH3 is 2. The lowest BCUT2D eigenvalue weighted by molar-refractivity contribution is -0.119. The van der Waals surface area contributed by atoms with Crippen LogP contribution in [0.3, 0.4) is 0 Å². The number of ether oxygens (including phenoxy) is 2. The van der Waals surface area contributed by atoms with Crippen LogP contribution in [-0.4, -0.2) is 44.2 Å². The van der Waals surface area contributed by atoms with Gasteiger partial charge >= 0.3 is 0 Å². The van der Waals surface area contributed by atoms with Crippen molar-refractivity contribution in [2.75, 3.05) is 27.3 Å². The number of amides is 1.